The molecule has 0 aliphatic carbocycles. The topological polar surface area (TPSA) is 51.0 Å². The van der Waals surface area contributed by atoms with Crippen LogP contribution in [0, 0.1) is 13.8 Å². The van der Waals surface area contributed by atoms with E-state index in [1.165, 1.54) is 0 Å². The summed E-state index contributed by atoms with van der Waals surface area (Å²) in [4.78, 5) is 0. The number of nitrogens with one attached hydrogen (secondary N) is 1. The molecule has 1 aromatic heterocycles. The summed E-state index contributed by atoms with van der Waals surface area (Å²) in [6, 6.07) is 5.83. The van der Waals surface area contributed by atoms with Crippen molar-refractivity contribution in [3.8, 4) is 0 Å². The van der Waals surface area contributed by atoms with Crippen molar-refractivity contribution in [3.05, 3.63) is 40.2 Å². The van der Waals surface area contributed by atoms with E-state index in [0.717, 1.165) is 22.6 Å². The normalized spacial score (nSPS) is 10.4. The molecular formula is C11H12ClN3O. The first-order valence-corrected chi connectivity index (χ1v) is 5.32. The summed E-state index contributed by atoms with van der Waals surface area (Å²) in [5, 5.41) is 11.4. The molecule has 4 nitrogen and oxygen atoms in total. The van der Waals surface area contributed by atoms with Crippen LogP contribution in [0.15, 0.2) is 22.8 Å². The maximum Gasteiger partial charge on any atom is 0.127 e. The number of benzene rings is 1. The van der Waals surface area contributed by atoms with Crippen LogP contribution in [0.1, 0.15) is 17.0 Å². The van der Waals surface area contributed by atoms with E-state index in [1.807, 2.05) is 32.0 Å². The summed E-state index contributed by atoms with van der Waals surface area (Å²) in [7, 11) is 0. The SMILES string of the molecule is Cc1ccc(Cl)c(NCc2nonc2C)c1. The van der Waals surface area contributed by atoms with Crippen LogP contribution < -0.4 is 5.32 Å². The number of hydrogen-bond acceptors (Lipinski definition) is 4. The highest BCUT2D eigenvalue weighted by Gasteiger charge is 2.06. The number of rotatable bonds is 3. The predicted molar refractivity (Wildman–Crippen MR) is 62.6 cm³/mol. The third kappa shape index (κ3) is 2.33. The lowest BCUT2D eigenvalue weighted by Gasteiger charge is -2.07. The first-order valence-electron chi connectivity index (χ1n) is 4.95. The molecule has 0 spiro atoms. The molecule has 0 saturated heterocycles. The summed E-state index contributed by atoms with van der Waals surface area (Å²) in [6.45, 7) is 4.42. The molecule has 0 atom stereocenters. The second kappa shape index (κ2) is 4.53. The molecule has 0 amide bonds. The highest BCUT2D eigenvalue weighted by Crippen LogP contribution is 2.23. The Bertz CT molecular complexity index is 496. The minimum atomic E-state index is 0.554. The number of anilines is 1. The molecule has 1 heterocycles. The van der Waals surface area contributed by atoms with Crippen molar-refractivity contribution in [3.63, 3.8) is 0 Å². The summed E-state index contributed by atoms with van der Waals surface area (Å²) in [6.07, 6.45) is 0. The molecule has 16 heavy (non-hydrogen) atoms. The van der Waals surface area contributed by atoms with Gasteiger partial charge in [-0.1, -0.05) is 28.0 Å². The van der Waals surface area contributed by atoms with Gasteiger partial charge in [-0.2, -0.15) is 0 Å². The molecule has 5 heteroatoms. The van der Waals surface area contributed by atoms with Crippen LogP contribution in [0.3, 0.4) is 0 Å². The molecule has 0 fully saturated rings. The van der Waals surface area contributed by atoms with Gasteiger partial charge >= 0.3 is 0 Å². The molecule has 2 aromatic rings. The minimum absolute atomic E-state index is 0.554. The van der Waals surface area contributed by atoms with Crippen molar-refractivity contribution < 1.29 is 4.63 Å². The summed E-state index contributed by atoms with van der Waals surface area (Å²) >= 11 is 6.05. The molecule has 1 N–H and O–H groups in total. The second-order valence-electron chi connectivity index (χ2n) is 3.63. The van der Waals surface area contributed by atoms with E-state index in [4.69, 9.17) is 11.6 Å². The van der Waals surface area contributed by atoms with Gasteiger partial charge in [0.2, 0.25) is 0 Å². The van der Waals surface area contributed by atoms with Crippen LogP contribution in [0.5, 0.6) is 0 Å². The van der Waals surface area contributed by atoms with Gasteiger partial charge in [0.05, 0.1) is 17.3 Å². The second-order valence-corrected chi connectivity index (χ2v) is 4.04. The molecule has 0 aliphatic heterocycles. The highest BCUT2D eigenvalue weighted by atomic mass is 35.5. The number of aromatic nitrogens is 2. The molecule has 0 unspecified atom stereocenters. The molecule has 0 saturated carbocycles. The summed E-state index contributed by atoms with van der Waals surface area (Å²) < 4.78 is 4.61. The number of hydrogen-bond donors (Lipinski definition) is 1. The zero-order valence-electron chi connectivity index (χ0n) is 9.12. The van der Waals surface area contributed by atoms with Gasteiger partial charge in [0.15, 0.2) is 0 Å². The Morgan fingerprint density at radius 3 is 2.81 bits per heavy atom. The summed E-state index contributed by atoms with van der Waals surface area (Å²) in [5.74, 6) is 0. The molecule has 0 radical (unpaired) electrons. The first kappa shape index (κ1) is 11.0. The van der Waals surface area contributed by atoms with Crippen LogP contribution in [-0.4, -0.2) is 10.3 Å². The smallest absolute Gasteiger partial charge is 0.127 e. The van der Waals surface area contributed by atoms with Crippen molar-refractivity contribution in [2.24, 2.45) is 0 Å². The van der Waals surface area contributed by atoms with Crippen LogP contribution in [0.25, 0.3) is 0 Å². The molecule has 2 rings (SSSR count). The Morgan fingerprint density at radius 1 is 1.31 bits per heavy atom. The van der Waals surface area contributed by atoms with Crippen LogP contribution >= 0.6 is 11.6 Å². The molecule has 1 aromatic carbocycles. The number of nitrogens with zero attached hydrogens (tertiary/aromatic N) is 2. The maximum atomic E-state index is 6.05. The Kier molecular flexibility index (Phi) is 3.10. The van der Waals surface area contributed by atoms with Crippen molar-refractivity contribution in [1.82, 2.24) is 10.3 Å². The maximum absolute atomic E-state index is 6.05. The third-order valence-corrected chi connectivity index (χ3v) is 2.64. The molecule has 0 bridgehead atoms. The van der Waals surface area contributed by atoms with Gasteiger partial charge in [0.25, 0.3) is 0 Å². The van der Waals surface area contributed by atoms with E-state index in [9.17, 15) is 0 Å². The Labute approximate surface area is 98.6 Å². The van der Waals surface area contributed by atoms with Crippen molar-refractivity contribution in [2.75, 3.05) is 5.32 Å². The van der Waals surface area contributed by atoms with Crippen molar-refractivity contribution in [1.29, 1.82) is 0 Å². The average molecular weight is 238 g/mol. The van der Waals surface area contributed by atoms with Gasteiger partial charge in [-0.15, -0.1) is 0 Å². The van der Waals surface area contributed by atoms with E-state index in [2.05, 4.69) is 20.3 Å². The van der Waals surface area contributed by atoms with Crippen LogP contribution in [0.2, 0.25) is 5.02 Å². The minimum Gasteiger partial charge on any atom is -0.378 e. The fraction of sp³-hybridized carbons (Fsp3) is 0.273. The Morgan fingerprint density at radius 2 is 2.12 bits per heavy atom. The van der Waals surface area contributed by atoms with Gasteiger partial charge in [-0.3, -0.25) is 0 Å². The van der Waals surface area contributed by atoms with Crippen LogP contribution in [-0.2, 0) is 6.54 Å². The molecule has 84 valence electrons. The predicted octanol–water partition coefficient (Wildman–Crippen LogP) is 2.95. The van der Waals surface area contributed by atoms with Gasteiger partial charge in [0, 0.05) is 0 Å². The monoisotopic (exact) mass is 237 g/mol. The quantitative estimate of drug-likeness (QED) is 0.892. The summed E-state index contributed by atoms with van der Waals surface area (Å²) in [5.41, 5.74) is 3.62. The molecular weight excluding hydrogens is 226 g/mol. The third-order valence-electron chi connectivity index (χ3n) is 2.31. The largest absolute Gasteiger partial charge is 0.378 e. The van der Waals surface area contributed by atoms with E-state index in [0.29, 0.717) is 11.6 Å². The Hall–Kier alpha value is -1.55. The van der Waals surface area contributed by atoms with E-state index in [1.54, 1.807) is 0 Å². The van der Waals surface area contributed by atoms with Gasteiger partial charge in [-0.25, -0.2) is 4.63 Å². The van der Waals surface area contributed by atoms with E-state index in [-0.39, 0.29) is 0 Å². The fourth-order valence-corrected chi connectivity index (χ4v) is 1.55. The lowest BCUT2D eigenvalue weighted by Crippen LogP contribution is -2.02. The average Bonchev–Trinajstić information content (AvgIpc) is 2.66. The van der Waals surface area contributed by atoms with Gasteiger partial charge < -0.3 is 5.32 Å². The standard InChI is InChI=1S/C11H12ClN3O/c1-7-3-4-9(12)10(5-7)13-6-11-8(2)14-16-15-11/h3-5,13H,6H2,1-2H3. The lowest BCUT2D eigenvalue weighted by atomic mass is 10.2. The van der Waals surface area contributed by atoms with E-state index >= 15 is 0 Å². The molecule has 0 aliphatic rings. The van der Waals surface area contributed by atoms with Crippen molar-refractivity contribution >= 4 is 17.3 Å². The number of halogens is 1. The lowest BCUT2D eigenvalue weighted by molar-refractivity contribution is 0.301. The van der Waals surface area contributed by atoms with Crippen molar-refractivity contribution in [2.45, 2.75) is 20.4 Å². The first-order chi connectivity index (χ1) is 7.66. The highest BCUT2D eigenvalue weighted by molar-refractivity contribution is 6.33. The van der Waals surface area contributed by atoms with Gasteiger partial charge in [0.1, 0.15) is 11.4 Å². The van der Waals surface area contributed by atoms with E-state index < -0.39 is 0 Å². The van der Waals surface area contributed by atoms with Crippen LogP contribution in [0.4, 0.5) is 5.69 Å². The zero-order chi connectivity index (χ0) is 11.5. The van der Waals surface area contributed by atoms with Gasteiger partial charge in [-0.05, 0) is 31.5 Å². The number of aryl methyl sites for hydroxylation is 2. The zero-order valence-corrected chi connectivity index (χ0v) is 9.88. The Balaban J connectivity index is 2.10. The fourth-order valence-electron chi connectivity index (χ4n) is 1.36.